The molecule has 0 aliphatic rings. The van der Waals surface area contributed by atoms with Crippen molar-refractivity contribution in [3.63, 3.8) is 0 Å². The van der Waals surface area contributed by atoms with Crippen LogP contribution >= 0.6 is 0 Å². The Morgan fingerprint density at radius 3 is 2.93 bits per heavy atom. The Kier molecular flexibility index (Phi) is 3.61. The van der Waals surface area contributed by atoms with Gasteiger partial charge in [-0.3, -0.25) is 4.98 Å². The maximum absolute atomic E-state index is 8.96. The van der Waals surface area contributed by atoms with Crippen LogP contribution in [0.15, 0.2) is 12.4 Å². The molecule has 1 unspecified atom stereocenters. The molecular formula is C8H15N5O. The van der Waals surface area contributed by atoms with Crippen LogP contribution in [0.2, 0.25) is 0 Å². The second kappa shape index (κ2) is 4.73. The molecule has 1 heterocycles. The first kappa shape index (κ1) is 10.7. The van der Waals surface area contributed by atoms with Crippen LogP contribution in [-0.4, -0.2) is 34.8 Å². The molecule has 0 aliphatic heterocycles. The van der Waals surface area contributed by atoms with Crippen LogP contribution in [0.4, 0.5) is 11.6 Å². The van der Waals surface area contributed by atoms with Crippen LogP contribution < -0.4 is 16.2 Å². The minimum atomic E-state index is -0.00248. The standard InChI is InChI=1S/C8H15N5O/c1-6(5-14)13(2)8-4-10-3-7(11-8)12-9/h3-4,6,14H,5,9H2,1-2H3,(H,11,12). The number of nitrogens with zero attached hydrogens (tertiary/aromatic N) is 3. The largest absolute Gasteiger partial charge is 0.394 e. The highest BCUT2D eigenvalue weighted by Gasteiger charge is 2.10. The molecular weight excluding hydrogens is 182 g/mol. The maximum atomic E-state index is 8.96. The minimum absolute atomic E-state index is 0.00248. The predicted molar refractivity (Wildman–Crippen MR) is 54.8 cm³/mol. The van der Waals surface area contributed by atoms with E-state index >= 15 is 0 Å². The number of aliphatic hydroxyl groups excluding tert-OH is 1. The summed E-state index contributed by atoms with van der Waals surface area (Å²) < 4.78 is 0. The molecule has 4 N–H and O–H groups in total. The number of aromatic nitrogens is 2. The van der Waals surface area contributed by atoms with Crippen molar-refractivity contribution in [3.8, 4) is 0 Å². The lowest BCUT2D eigenvalue weighted by Crippen LogP contribution is -2.32. The van der Waals surface area contributed by atoms with Gasteiger partial charge in [-0.2, -0.15) is 0 Å². The van der Waals surface area contributed by atoms with E-state index in [2.05, 4.69) is 15.4 Å². The monoisotopic (exact) mass is 197 g/mol. The van der Waals surface area contributed by atoms with Gasteiger partial charge in [-0.25, -0.2) is 10.8 Å². The van der Waals surface area contributed by atoms with Gasteiger partial charge in [0.05, 0.1) is 25.0 Å². The van der Waals surface area contributed by atoms with Gasteiger partial charge in [-0.1, -0.05) is 0 Å². The lowest BCUT2D eigenvalue weighted by atomic mass is 10.3. The van der Waals surface area contributed by atoms with Crippen LogP contribution in [0.3, 0.4) is 0 Å². The number of likely N-dealkylation sites (N-methyl/N-ethyl adjacent to an activating group) is 1. The first-order valence-corrected chi connectivity index (χ1v) is 4.31. The third kappa shape index (κ3) is 2.30. The molecule has 0 saturated carbocycles. The van der Waals surface area contributed by atoms with Crippen LogP contribution in [0.5, 0.6) is 0 Å². The molecule has 0 bridgehead atoms. The van der Waals surface area contributed by atoms with Crippen molar-refractivity contribution in [2.45, 2.75) is 13.0 Å². The van der Waals surface area contributed by atoms with E-state index in [1.807, 2.05) is 18.9 Å². The zero-order chi connectivity index (χ0) is 10.6. The molecule has 0 aromatic carbocycles. The van der Waals surface area contributed by atoms with E-state index in [0.29, 0.717) is 11.6 Å². The summed E-state index contributed by atoms with van der Waals surface area (Å²) in [4.78, 5) is 9.97. The molecule has 0 radical (unpaired) electrons. The molecule has 6 nitrogen and oxygen atoms in total. The summed E-state index contributed by atoms with van der Waals surface area (Å²) in [6.07, 6.45) is 3.15. The number of aliphatic hydroxyl groups is 1. The fraction of sp³-hybridized carbons (Fsp3) is 0.500. The van der Waals surface area contributed by atoms with Gasteiger partial charge in [0.1, 0.15) is 5.82 Å². The Labute approximate surface area is 82.7 Å². The Morgan fingerprint density at radius 2 is 2.36 bits per heavy atom. The van der Waals surface area contributed by atoms with E-state index in [4.69, 9.17) is 10.9 Å². The van der Waals surface area contributed by atoms with Crippen LogP contribution in [0.25, 0.3) is 0 Å². The van der Waals surface area contributed by atoms with Gasteiger partial charge in [-0.05, 0) is 6.92 Å². The van der Waals surface area contributed by atoms with Crippen molar-refractivity contribution in [2.75, 3.05) is 24.0 Å². The lowest BCUT2D eigenvalue weighted by molar-refractivity contribution is 0.270. The number of rotatable bonds is 4. The summed E-state index contributed by atoms with van der Waals surface area (Å²) in [6, 6.07) is -0.00248. The molecule has 1 rings (SSSR count). The van der Waals surface area contributed by atoms with Gasteiger partial charge in [-0.15, -0.1) is 0 Å². The molecule has 1 aromatic heterocycles. The first-order chi connectivity index (χ1) is 6.69. The summed E-state index contributed by atoms with van der Waals surface area (Å²) in [6.45, 7) is 1.96. The maximum Gasteiger partial charge on any atom is 0.160 e. The van der Waals surface area contributed by atoms with Crippen molar-refractivity contribution in [3.05, 3.63) is 12.4 Å². The number of nitrogens with two attached hydrogens (primary N) is 1. The zero-order valence-corrected chi connectivity index (χ0v) is 8.31. The number of hydrogen-bond donors (Lipinski definition) is 3. The SMILES string of the molecule is CC(CO)N(C)c1cncc(NN)n1. The van der Waals surface area contributed by atoms with E-state index in [1.54, 1.807) is 6.20 Å². The third-order valence-electron chi connectivity index (χ3n) is 2.06. The minimum Gasteiger partial charge on any atom is -0.394 e. The van der Waals surface area contributed by atoms with E-state index in [1.165, 1.54) is 6.20 Å². The zero-order valence-electron chi connectivity index (χ0n) is 8.31. The van der Waals surface area contributed by atoms with Crippen LogP contribution in [0, 0.1) is 0 Å². The normalized spacial score (nSPS) is 12.3. The molecule has 1 aromatic rings. The topological polar surface area (TPSA) is 87.3 Å². The second-order valence-corrected chi connectivity index (χ2v) is 3.05. The molecule has 0 saturated heterocycles. The Hall–Kier alpha value is -1.40. The Bertz CT molecular complexity index is 293. The highest BCUT2D eigenvalue weighted by atomic mass is 16.3. The molecule has 0 spiro atoms. The highest BCUT2D eigenvalue weighted by molar-refractivity contribution is 5.43. The summed E-state index contributed by atoms with van der Waals surface area (Å²) >= 11 is 0. The van der Waals surface area contributed by atoms with Crippen molar-refractivity contribution in [1.82, 2.24) is 9.97 Å². The molecule has 78 valence electrons. The molecule has 14 heavy (non-hydrogen) atoms. The number of hydrazine groups is 1. The number of nitrogens with one attached hydrogen (secondary N) is 1. The number of anilines is 2. The van der Waals surface area contributed by atoms with Gasteiger partial charge in [0.25, 0.3) is 0 Å². The Balaban J connectivity index is 2.83. The van der Waals surface area contributed by atoms with Crippen molar-refractivity contribution in [1.29, 1.82) is 0 Å². The van der Waals surface area contributed by atoms with E-state index < -0.39 is 0 Å². The van der Waals surface area contributed by atoms with Gasteiger partial charge in [0.2, 0.25) is 0 Å². The predicted octanol–water partition coefficient (Wildman–Crippen LogP) is -0.421. The smallest absolute Gasteiger partial charge is 0.160 e. The van der Waals surface area contributed by atoms with Gasteiger partial charge >= 0.3 is 0 Å². The fourth-order valence-corrected chi connectivity index (χ4v) is 0.943. The van der Waals surface area contributed by atoms with E-state index in [9.17, 15) is 0 Å². The van der Waals surface area contributed by atoms with Gasteiger partial charge < -0.3 is 15.4 Å². The fourth-order valence-electron chi connectivity index (χ4n) is 0.943. The van der Waals surface area contributed by atoms with E-state index in [0.717, 1.165) is 0 Å². The summed E-state index contributed by atoms with van der Waals surface area (Å²) in [5, 5.41) is 8.96. The van der Waals surface area contributed by atoms with Crippen molar-refractivity contribution >= 4 is 11.6 Å². The molecule has 0 aliphatic carbocycles. The van der Waals surface area contributed by atoms with Crippen LogP contribution in [0.1, 0.15) is 6.92 Å². The molecule has 6 heteroatoms. The van der Waals surface area contributed by atoms with Gasteiger partial charge in [0.15, 0.2) is 5.82 Å². The van der Waals surface area contributed by atoms with Crippen molar-refractivity contribution < 1.29 is 5.11 Å². The third-order valence-corrected chi connectivity index (χ3v) is 2.06. The number of hydrogen-bond acceptors (Lipinski definition) is 6. The van der Waals surface area contributed by atoms with Gasteiger partial charge in [0, 0.05) is 7.05 Å². The van der Waals surface area contributed by atoms with Crippen molar-refractivity contribution in [2.24, 2.45) is 5.84 Å². The first-order valence-electron chi connectivity index (χ1n) is 4.31. The number of nitrogen functional groups attached to an aromatic ring is 1. The molecule has 0 amide bonds. The molecule has 0 fully saturated rings. The average molecular weight is 197 g/mol. The summed E-state index contributed by atoms with van der Waals surface area (Å²) in [7, 11) is 1.84. The average Bonchev–Trinajstić information content (AvgIpc) is 2.27. The lowest BCUT2D eigenvalue weighted by Gasteiger charge is -2.23. The van der Waals surface area contributed by atoms with Crippen LogP contribution in [-0.2, 0) is 0 Å². The van der Waals surface area contributed by atoms with E-state index in [-0.39, 0.29) is 12.6 Å². The Morgan fingerprint density at radius 1 is 1.64 bits per heavy atom. The highest BCUT2D eigenvalue weighted by Crippen LogP contribution is 2.12. The second-order valence-electron chi connectivity index (χ2n) is 3.05. The quantitative estimate of drug-likeness (QED) is 0.449. The summed E-state index contributed by atoms with van der Waals surface area (Å²) in [5.74, 6) is 6.38. The summed E-state index contributed by atoms with van der Waals surface area (Å²) in [5.41, 5.74) is 2.42. The molecule has 1 atom stereocenters.